The van der Waals surface area contributed by atoms with Crippen LogP contribution in [0.25, 0.3) is 0 Å². The summed E-state index contributed by atoms with van der Waals surface area (Å²) >= 11 is 0. The minimum Gasteiger partial charge on any atom is -0.298 e. The van der Waals surface area contributed by atoms with E-state index in [0.717, 1.165) is 31.0 Å². The Morgan fingerprint density at radius 1 is 1.44 bits per heavy atom. The summed E-state index contributed by atoms with van der Waals surface area (Å²) in [6, 6.07) is 0. The molecule has 2 heteroatoms. The molecule has 0 saturated heterocycles. The molecule has 0 aliphatic carbocycles. The molecule has 88 valence electrons. The molecule has 0 amide bonds. The van der Waals surface area contributed by atoms with E-state index in [2.05, 4.69) is 27.8 Å². The minimum absolute atomic E-state index is 0.501. The maximum atomic E-state index is 10.9. The van der Waals surface area contributed by atoms with Crippen molar-refractivity contribution in [2.24, 2.45) is 5.92 Å². The topological polar surface area (TPSA) is 17.1 Å². The zero-order valence-electron chi connectivity index (χ0n) is 11.0. The van der Waals surface area contributed by atoms with Crippen molar-refractivity contribution in [1.82, 2.24) is 0 Å². The molecule has 0 aliphatic heterocycles. The molecule has 0 N–H and O–H groups in total. The normalized spacial score (nSPS) is 15.4. The molecule has 0 aromatic rings. The van der Waals surface area contributed by atoms with Gasteiger partial charge >= 0.3 is 0 Å². The lowest BCUT2D eigenvalue weighted by Crippen LogP contribution is -1.97. The molecule has 0 aromatic carbocycles. The van der Waals surface area contributed by atoms with Crippen molar-refractivity contribution >= 4 is 14.1 Å². The van der Waals surface area contributed by atoms with E-state index in [9.17, 15) is 4.79 Å². The Balaban J connectivity index is 4.93. The molecule has 0 aliphatic rings. The lowest BCUT2D eigenvalue weighted by atomic mass is 9.86. The molecule has 1 atom stereocenters. The number of hydrogen-bond acceptors (Lipinski definition) is 1. The van der Waals surface area contributed by atoms with Gasteiger partial charge in [-0.2, -0.15) is 0 Å². The number of allylic oxidation sites excluding steroid dienone is 6. The van der Waals surface area contributed by atoms with E-state index < -0.39 is 0 Å². The van der Waals surface area contributed by atoms with Gasteiger partial charge in [-0.15, -0.1) is 0 Å². The highest BCUT2D eigenvalue weighted by atomic mass is 16.1. The number of rotatable bonds is 7. The predicted octanol–water partition coefficient (Wildman–Crippen LogP) is 3.10. The van der Waals surface area contributed by atoms with Crippen molar-refractivity contribution < 1.29 is 4.79 Å². The van der Waals surface area contributed by atoms with Crippen molar-refractivity contribution in [3.63, 3.8) is 0 Å². The van der Waals surface area contributed by atoms with Crippen LogP contribution in [-0.2, 0) is 4.79 Å². The number of carbonyl (C=O) groups excluding carboxylic acids is 1. The van der Waals surface area contributed by atoms with Crippen molar-refractivity contribution in [2.75, 3.05) is 0 Å². The molecular formula is C14H23BO. The van der Waals surface area contributed by atoms with Crippen LogP contribution >= 0.6 is 0 Å². The summed E-state index contributed by atoms with van der Waals surface area (Å²) in [5.74, 6) is 0.501. The van der Waals surface area contributed by atoms with Crippen molar-refractivity contribution in [3.8, 4) is 0 Å². The molecule has 1 nitrogen and oxygen atoms in total. The average Bonchev–Trinajstić information content (AvgIpc) is 2.32. The van der Waals surface area contributed by atoms with Gasteiger partial charge < -0.3 is 0 Å². The fourth-order valence-corrected chi connectivity index (χ4v) is 1.43. The fraction of sp³-hybridized carbons (Fsp3) is 0.500. The Bertz CT molecular complexity index is 287. The second-order valence-corrected chi connectivity index (χ2v) is 4.06. The van der Waals surface area contributed by atoms with E-state index in [1.165, 1.54) is 5.57 Å². The van der Waals surface area contributed by atoms with Crippen LogP contribution in [0.1, 0.15) is 33.6 Å². The van der Waals surface area contributed by atoms with Gasteiger partial charge in [-0.3, -0.25) is 4.79 Å². The SMILES string of the molecule is BC[C@H](C)C(/C=C\C)=C/C(C=O)=C/CCC. The molecule has 0 unspecified atom stereocenters. The summed E-state index contributed by atoms with van der Waals surface area (Å²) in [6.07, 6.45) is 12.2. The number of unbranched alkanes of at least 4 members (excludes halogenated alkanes) is 1. The second-order valence-electron chi connectivity index (χ2n) is 4.06. The summed E-state index contributed by atoms with van der Waals surface area (Å²) in [6.45, 7) is 6.31. The van der Waals surface area contributed by atoms with Crippen LogP contribution in [0.2, 0.25) is 6.32 Å². The standard InChI is InChI=1S/C14H23BO/c1-4-6-8-13(11-16)9-14(7-5-2)12(3)10-15/h5,7-9,11-12H,4,6,10,15H2,1-3H3/b7-5-,13-8-,14-9+/t12-/m0/s1. The largest absolute Gasteiger partial charge is 0.298 e. The Morgan fingerprint density at radius 3 is 2.56 bits per heavy atom. The summed E-state index contributed by atoms with van der Waals surface area (Å²) in [5.41, 5.74) is 2.04. The van der Waals surface area contributed by atoms with Gasteiger partial charge in [0.15, 0.2) is 0 Å². The van der Waals surface area contributed by atoms with E-state index in [-0.39, 0.29) is 0 Å². The highest BCUT2D eigenvalue weighted by molar-refractivity contribution is 6.08. The second kappa shape index (κ2) is 9.20. The van der Waals surface area contributed by atoms with E-state index in [4.69, 9.17) is 0 Å². The van der Waals surface area contributed by atoms with Crippen LogP contribution in [0, 0.1) is 5.92 Å². The fourth-order valence-electron chi connectivity index (χ4n) is 1.43. The van der Waals surface area contributed by atoms with Crippen molar-refractivity contribution in [2.45, 2.75) is 39.9 Å². The quantitative estimate of drug-likeness (QED) is 0.278. The maximum Gasteiger partial charge on any atom is 0.149 e. The lowest BCUT2D eigenvalue weighted by molar-refractivity contribution is -0.104. The van der Waals surface area contributed by atoms with E-state index >= 15 is 0 Å². The lowest BCUT2D eigenvalue weighted by Gasteiger charge is -2.10. The first-order valence-corrected chi connectivity index (χ1v) is 6.19. The zero-order chi connectivity index (χ0) is 12.4. The molecule has 0 spiro atoms. The molecular weight excluding hydrogens is 195 g/mol. The van der Waals surface area contributed by atoms with Crippen LogP contribution in [0.5, 0.6) is 0 Å². The Hall–Kier alpha value is -1.05. The van der Waals surface area contributed by atoms with Crippen LogP contribution in [0.3, 0.4) is 0 Å². The van der Waals surface area contributed by atoms with Gasteiger partial charge in [0.2, 0.25) is 0 Å². The number of carbonyl (C=O) groups is 1. The minimum atomic E-state index is 0.501. The highest BCUT2D eigenvalue weighted by Crippen LogP contribution is 2.17. The van der Waals surface area contributed by atoms with Crippen LogP contribution < -0.4 is 0 Å². The smallest absolute Gasteiger partial charge is 0.149 e. The zero-order valence-corrected chi connectivity index (χ0v) is 11.0. The summed E-state index contributed by atoms with van der Waals surface area (Å²) in [7, 11) is 2.17. The van der Waals surface area contributed by atoms with Gasteiger partial charge in [-0.05, 0) is 30.9 Å². The molecule has 0 fully saturated rings. The Kier molecular flexibility index (Phi) is 8.60. The average molecular weight is 218 g/mol. The summed E-state index contributed by atoms with van der Waals surface area (Å²) in [4.78, 5) is 10.9. The Morgan fingerprint density at radius 2 is 2.12 bits per heavy atom. The predicted molar refractivity (Wildman–Crippen MR) is 74.5 cm³/mol. The van der Waals surface area contributed by atoms with Gasteiger partial charge in [-0.25, -0.2) is 0 Å². The first kappa shape index (κ1) is 15.0. The molecule has 0 rings (SSSR count). The first-order valence-electron chi connectivity index (χ1n) is 6.19. The molecule has 16 heavy (non-hydrogen) atoms. The van der Waals surface area contributed by atoms with Gasteiger partial charge in [0.1, 0.15) is 14.1 Å². The third-order valence-electron chi connectivity index (χ3n) is 2.68. The first-order chi connectivity index (χ1) is 7.69. The third kappa shape index (κ3) is 5.74. The molecule has 0 saturated carbocycles. The third-order valence-corrected chi connectivity index (χ3v) is 2.68. The van der Waals surface area contributed by atoms with Gasteiger partial charge in [-0.1, -0.05) is 44.8 Å². The number of aldehydes is 1. The van der Waals surface area contributed by atoms with E-state index in [0.29, 0.717) is 5.92 Å². The van der Waals surface area contributed by atoms with Crippen LogP contribution in [0.15, 0.2) is 35.5 Å². The molecule has 0 radical (unpaired) electrons. The van der Waals surface area contributed by atoms with Crippen molar-refractivity contribution in [1.29, 1.82) is 0 Å². The monoisotopic (exact) mass is 218 g/mol. The molecule has 0 heterocycles. The van der Waals surface area contributed by atoms with Gasteiger partial charge in [0.25, 0.3) is 0 Å². The van der Waals surface area contributed by atoms with Crippen LogP contribution in [0.4, 0.5) is 0 Å². The molecule has 0 aromatic heterocycles. The van der Waals surface area contributed by atoms with Gasteiger partial charge in [0.05, 0.1) is 0 Å². The van der Waals surface area contributed by atoms with Gasteiger partial charge in [0, 0.05) is 5.57 Å². The number of hydrogen-bond donors (Lipinski definition) is 0. The van der Waals surface area contributed by atoms with Crippen LogP contribution in [-0.4, -0.2) is 14.1 Å². The molecule has 0 bridgehead atoms. The van der Waals surface area contributed by atoms with E-state index in [1.807, 2.05) is 25.2 Å². The van der Waals surface area contributed by atoms with Crippen molar-refractivity contribution in [3.05, 3.63) is 35.5 Å². The highest BCUT2D eigenvalue weighted by Gasteiger charge is 2.03. The summed E-state index contributed by atoms with van der Waals surface area (Å²) in [5, 5.41) is 0. The Labute approximate surface area is 101 Å². The maximum absolute atomic E-state index is 10.9. The summed E-state index contributed by atoms with van der Waals surface area (Å²) < 4.78 is 0. The van der Waals surface area contributed by atoms with E-state index in [1.54, 1.807) is 0 Å².